The summed E-state index contributed by atoms with van der Waals surface area (Å²) in [6, 6.07) is 8.57. The van der Waals surface area contributed by atoms with Gasteiger partial charge in [0, 0.05) is 5.56 Å². The fourth-order valence-corrected chi connectivity index (χ4v) is 3.81. The van der Waals surface area contributed by atoms with Gasteiger partial charge in [0.05, 0.1) is 36.5 Å². The van der Waals surface area contributed by atoms with Crippen molar-refractivity contribution in [2.45, 2.75) is 13.8 Å². The zero-order valence-electron chi connectivity index (χ0n) is 17.5. The fraction of sp³-hybridized carbons (Fsp3) is 0.182. The van der Waals surface area contributed by atoms with E-state index in [4.69, 9.17) is 25.9 Å². The minimum Gasteiger partial charge on any atom is -0.496 e. The number of nitrogens with two attached hydrogens (primary N) is 2. The predicted octanol–water partition coefficient (Wildman–Crippen LogP) is 2.67. The molecule has 0 spiro atoms. The number of esters is 1. The third-order valence-corrected chi connectivity index (χ3v) is 5.29. The molecule has 0 unspecified atom stereocenters. The molecule has 2 aromatic carbocycles. The summed E-state index contributed by atoms with van der Waals surface area (Å²) >= 11 is 0. The number of amides is 1. The van der Waals surface area contributed by atoms with E-state index in [0.29, 0.717) is 28.0 Å². The van der Waals surface area contributed by atoms with E-state index in [-0.39, 0.29) is 16.9 Å². The molecular weight excluding hydrogens is 398 g/mol. The quantitative estimate of drug-likeness (QED) is 0.485. The molecule has 0 radical (unpaired) electrons. The Morgan fingerprint density at radius 1 is 1.03 bits per heavy atom. The molecule has 2 heterocycles. The number of primary amides is 1. The van der Waals surface area contributed by atoms with Crippen LogP contribution >= 0.6 is 0 Å². The molecule has 1 amide bonds. The second kappa shape index (κ2) is 7.28. The Bertz CT molecular complexity index is 1390. The van der Waals surface area contributed by atoms with E-state index in [1.54, 1.807) is 29.9 Å². The van der Waals surface area contributed by atoms with E-state index in [1.165, 1.54) is 7.11 Å². The number of nitrogen functional groups attached to an aromatic ring is 1. The van der Waals surface area contributed by atoms with Gasteiger partial charge in [0.1, 0.15) is 22.6 Å². The SMILES string of the molecule is COC(=O)c1ccc2nc3c(nc2c1)c(C(N)=O)c(N)n3-c1c(C)ccc(OC)c1C. The summed E-state index contributed by atoms with van der Waals surface area (Å²) in [5, 5.41) is 0. The molecule has 0 saturated carbocycles. The normalized spacial score (nSPS) is 11.1. The van der Waals surface area contributed by atoms with Crippen molar-refractivity contribution in [2.75, 3.05) is 20.0 Å². The lowest BCUT2D eigenvalue weighted by Crippen LogP contribution is -2.14. The van der Waals surface area contributed by atoms with Crippen LogP contribution in [0.4, 0.5) is 5.82 Å². The molecule has 9 heteroatoms. The number of rotatable bonds is 4. The number of hydrogen-bond donors (Lipinski definition) is 2. The second-order valence-electron chi connectivity index (χ2n) is 7.11. The molecule has 0 bridgehead atoms. The van der Waals surface area contributed by atoms with Crippen molar-refractivity contribution in [3.63, 3.8) is 0 Å². The predicted molar refractivity (Wildman–Crippen MR) is 117 cm³/mol. The maximum atomic E-state index is 12.3. The number of hydrogen-bond acceptors (Lipinski definition) is 7. The van der Waals surface area contributed by atoms with Crippen LogP contribution in [0.1, 0.15) is 31.8 Å². The number of aryl methyl sites for hydroxylation is 1. The first kappa shape index (κ1) is 20.1. The van der Waals surface area contributed by atoms with Crippen LogP contribution in [-0.2, 0) is 4.74 Å². The number of nitrogens with zero attached hydrogens (tertiary/aromatic N) is 3. The van der Waals surface area contributed by atoms with Crippen molar-refractivity contribution >= 4 is 39.9 Å². The van der Waals surface area contributed by atoms with Gasteiger partial charge in [-0.05, 0) is 43.7 Å². The first-order valence-corrected chi connectivity index (χ1v) is 9.42. The molecule has 0 aliphatic rings. The number of methoxy groups -OCH3 is 2. The number of carbonyl (C=O) groups excluding carboxylic acids is 2. The zero-order chi connectivity index (χ0) is 22.4. The highest BCUT2D eigenvalue weighted by atomic mass is 16.5. The molecule has 0 atom stereocenters. The van der Waals surface area contributed by atoms with E-state index in [2.05, 4.69) is 4.98 Å². The van der Waals surface area contributed by atoms with Gasteiger partial charge in [-0.15, -0.1) is 0 Å². The number of aromatic nitrogens is 3. The van der Waals surface area contributed by atoms with Crippen molar-refractivity contribution in [1.82, 2.24) is 14.5 Å². The lowest BCUT2D eigenvalue weighted by molar-refractivity contribution is 0.0600. The van der Waals surface area contributed by atoms with Crippen LogP contribution in [-0.4, -0.2) is 40.6 Å². The maximum absolute atomic E-state index is 12.3. The summed E-state index contributed by atoms with van der Waals surface area (Å²) in [5.74, 6) is -0.430. The van der Waals surface area contributed by atoms with Gasteiger partial charge in [0.25, 0.3) is 5.91 Å². The molecule has 31 heavy (non-hydrogen) atoms. The molecule has 2 aromatic heterocycles. The molecular formula is C22H21N5O4. The third kappa shape index (κ3) is 3.02. The van der Waals surface area contributed by atoms with Crippen molar-refractivity contribution in [3.05, 3.63) is 52.6 Å². The Morgan fingerprint density at radius 2 is 1.77 bits per heavy atom. The van der Waals surface area contributed by atoms with E-state index in [9.17, 15) is 9.59 Å². The van der Waals surface area contributed by atoms with Crippen LogP contribution in [0.3, 0.4) is 0 Å². The molecule has 0 saturated heterocycles. The Hall–Kier alpha value is -4.14. The fourth-order valence-electron chi connectivity index (χ4n) is 3.81. The molecule has 0 aliphatic carbocycles. The average Bonchev–Trinajstić information content (AvgIpc) is 3.02. The van der Waals surface area contributed by atoms with Gasteiger partial charge >= 0.3 is 5.97 Å². The largest absolute Gasteiger partial charge is 0.496 e. The topological polar surface area (TPSA) is 135 Å². The van der Waals surface area contributed by atoms with Crippen molar-refractivity contribution in [2.24, 2.45) is 5.73 Å². The molecule has 158 valence electrons. The van der Waals surface area contributed by atoms with Crippen LogP contribution in [0.2, 0.25) is 0 Å². The van der Waals surface area contributed by atoms with Gasteiger partial charge in [0.15, 0.2) is 5.65 Å². The third-order valence-electron chi connectivity index (χ3n) is 5.29. The first-order valence-electron chi connectivity index (χ1n) is 9.42. The van der Waals surface area contributed by atoms with Crippen molar-refractivity contribution < 1.29 is 19.1 Å². The Balaban J connectivity index is 2.13. The summed E-state index contributed by atoms with van der Waals surface area (Å²) in [7, 11) is 2.88. The average molecular weight is 419 g/mol. The van der Waals surface area contributed by atoms with Crippen LogP contribution in [0.25, 0.3) is 27.9 Å². The smallest absolute Gasteiger partial charge is 0.337 e. The van der Waals surface area contributed by atoms with Crippen molar-refractivity contribution in [1.29, 1.82) is 0 Å². The summed E-state index contributed by atoms with van der Waals surface area (Å²) in [6.45, 7) is 3.82. The molecule has 9 nitrogen and oxygen atoms in total. The molecule has 0 fully saturated rings. The molecule has 4 rings (SSSR count). The highest BCUT2D eigenvalue weighted by molar-refractivity contribution is 6.11. The van der Waals surface area contributed by atoms with E-state index >= 15 is 0 Å². The van der Waals surface area contributed by atoms with Crippen LogP contribution in [0, 0.1) is 13.8 Å². The van der Waals surface area contributed by atoms with E-state index in [1.807, 2.05) is 26.0 Å². The Kier molecular flexibility index (Phi) is 4.73. The lowest BCUT2D eigenvalue weighted by Gasteiger charge is -2.16. The molecule has 4 N–H and O–H groups in total. The standard InChI is InChI=1S/C22H21N5O4/c1-10-5-8-15(30-3)11(2)18(10)27-19(23)16(20(24)28)17-21(27)26-13-7-6-12(22(29)31-4)9-14(13)25-17/h5-9H,23H2,1-4H3,(H2,24,28). The molecule has 0 aliphatic heterocycles. The summed E-state index contributed by atoms with van der Waals surface area (Å²) in [4.78, 5) is 33.5. The monoisotopic (exact) mass is 419 g/mol. The minimum absolute atomic E-state index is 0.0643. The first-order chi connectivity index (χ1) is 14.8. The van der Waals surface area contributed by atoms with Crippen LogP contribution in [0.15, 0.2) is 30.3 Å². The van der Waals surface area contributed by atoms with Gasteiger partial charge in [-0.3, -0.25) is 9.36 Å². The van der Waals surface area contributed by atoms with Crippen LogP contribution < -0.4 is 16.2 Å². The van der Waals surface area contributed by atoms with Crippen molar-refractivity contribution in [3.8, 4) is 11.4 Å². The van der Waals surface area contributed by atoms with Gasteiger partial charge in [-0.2, -0.15) is 0 Å². The van der Waals surface area contributed by atoms with Gasteiger partial charge in [-0.25, -0.2) is 14.8 Å². The lowest BCUT2D eigenvalue weighted by atomic mass is 10.1. The summed E-state index contributed by atoms with van der Waals surface area (Å²) in [5.41, 5.74) is 16.5. The van der Waals surface area contributed by atoms with Gasteiger partial charge in [0.2, 0.25) is 0 Å². The second-order valence-corrected chi connectivity index (χ2v) is 7.11. The number of carbonyl (C=O) groups is 2. The van der Waals surface area contributed by atoms with Gasteiger partial charge in [-0.1, -0.05) is 6.07 Å². The number of ether oxygens (including phenoxy) is 2. The maximum Gasteiger partial charge on any atom is 0.337 e. The summed E-state index contributed by atoms with van der Waals surface area (Å²) in [6.07, 6.45) is 0. The van der Waals surface area contributed by atoms with E-state index < -0.39 is 11.9 Å². The van der Waals surface area contributed by atoms with E-state index in [0.717, 1.165) is 16.8 Å². The number of benzene rings is 2. The number of anilines is 1. The highest BCUT2D eigenvalue weighted by Crippen LogP contribution is 2.36. The molecule has 4 aromatic rings. The minimum atomic E-state index is -0.725. The number of fused-ring (bicyclic) bond motifs is 2. The highest BCUT2D eigenvalue weighted by Gasteiger charge is 2.25. The Morgan fingerprint density at radius 3 is 2.42 bits per heavy atom. The summed E-state index contributed by atoms with van der Waals surface area (Å²) < 4.78 is 11.9. The zero-order valence-corrected chi connectivity index (χ0v) is 17.5. The van der Waals surface area contributed by atoms with Gasteiger partial charge < -0.3 is 20.9 Å². The Labute approximate surface area is 177 Å². The van der Waals surface area contributed by atoms with Crippen LogP contribution in [0.5, 0.6) is 5.75 Å².